The molecule has 0 saturated carbocycles. The van der Waals surface area contributed by atoms with E-state index in [1.807, 2.05) is 24.3 Å². The summed E-state index contributed by atoms with van der Waals surface area (Å²) in [5, 5.41) is 9.64. The summed E-state index contributed by atoms with van der Waals surface area (Å²) in [4.78, 5) is 10.5. The van der Waals surface area contributed by atoms with Gasteiger partial charge in [-0.25, -0.2) is 0 Å². The number of benzene rings is 1. The average molecular weight is 204 g/mol. The molecule has 3 N–H and O–H groups in total. The van der Waals surface area contributed by atoms with E-state index in [1.54, 1.807) is 6.20 Å². The number of aromatic nitrogens is 1. The molecule has 1 aromatic carbocycles. The van der Waals surface area contributed by atoms with Crippen LogP contribution in [-0.4, -0.2) is 15.8 Å². The smallest absolute Gasteiger partial charge is 0.303 e. The van der Waals surface area contributed by atoms with Crippen molar-refractivity contribution in [3.63, 3.8) is 0 Å². The Hall–Kier alpha value is -1.97. The summed E-state index contributed by atoms with van der Waals surface area (Å²) in [5.74, 6) is 4.96. The molecule has 4 nitrogen and oxygen atoms in total. The minimum atomic E-state index is -0.788. The maximum Gasteiger partial charge on any atom is 0.303 e. The monoisotopic (exact) mass is 204 g/mol. The molecule has 0 saturated heterocycles. The van der Waals surface area contributed by atoms with E-state index in [1.165, 1.54) is 4.68 Å². The molecule has 0 unspecified atom stereocenters. The van der Waals surface area contributed by atoms with Crippen molar-refractivity contribution in [2.75, 3.05) is 5.84 Å². The van der Waals surface area contributed by atoms with Crippen LogP contribution in [0.5, 0.6) is 0 Å². The van der Waals surface area contributed by atoms with Crippen LogP contribution in [0.4, 0.5) is 0 Å². The normalized spacial score (nSPS) is 10.7. The number of fused-ring (bicyclic) bond motifs is 1. The predicted octanol–water partition coefficient (Wildman–Crippen LogP) is 1.37. The van der Waals surface area contributed by atoms with Crippen LogP contribution in [-0.2, 0) is 11.2 Å². The molecular formula is C11H12N2O2. The molecule has 4 heteroatoms. The summed E-state index contributed by atoms with van der Waals surface area (Å²) in [6, 6.07) is 7.70. The van der Waals surface area contributed by atoms with Crippen LogP contribution in [0.2, 0.25) is 0 Å². The van der Waals surface area contributed by atoms with E-state index in [2.05, 4.69) is 0 Å². The summed E-state index contributed by atoms with van der Waals surface area (Å²) < 4.78 is 1.53. The minimum absolute atomic E-state index is 0.133. The van der Waals surface area contributed by atoms with Crippen molar-refractivity contribution in [1.82, 2.24) is 4.68 Å². The number of nitrogens with two attached hydrogens (primary N) is 1. The van der Waals surface area contributed by atoms with Gasteiger partial charge in [-0.05, 0) is 18.1 Å². The first-order valence-electron chi connectivity index (χ1n) is 4.74. The summed E-state index contributed by atoms with van der Waals surface area (Å²) in [6.45, 7) is 0. The average Bonchev–Trinajstić information content (AvgIpc) is 2.54. The highest BCUT2D eigenvalue weighted by molar-refractivity contribution is 5.84. The Morgan fingerprint density at radius 2 is 2.13 bits per heavy atom. The lowest BCUT2D eigenvalue weighted by molar-refractivity contribution is -0.136. The minimum Gasteiger partial charge on any atom is -0.481 e. The molecule has 0 aliphatic heterocycles. The summed E-state index contributed by atoms with van der Waals surface area (Å²) in [6.07, 6.45) is 2.43. The van der Waals surface area contributed by atoms with Gasteiger partial charge in [0.15, 0.2) is 0 Å². The Morgan fingerprint density at radius 1 is 1.40 bits per heavy atom. The second kappa shape index (κ2) is 3.65. The number of para-hydroxylation sites is 1. The van der Waals surface area contributed by atoms with E-state index in [-0.39, 0.29) is 6.42 Å². The topological polar surface area (TPSA) is 68.2 Å². The number of carbonyl (C=O) groups is 1. The van der Waals surface area contributed by atoms with E-state index in [0.29, 0.717) is 6.42 Å². The first kappa shape index (κ1) is 9.58. The number of carboxylic acid groups (broad SMARTS) is 1. The molecule has 0 spiro atoms. The molecule has 1 heterocycles. The van der Waals surface area contributed by atoms with Gasteiger partial charge in [0.25, 0.3) is 0 Å². The number of aliphatic carboxylic acids is 1. The maximum absolute atomic E-state index is 10.5. The first-order valence-corrected chi connectivity index (χ1v) is 4.74. The predicted molar refractivity (Wildman–Crippen MR) is 58.0 cm³/mol. The zero-order valence-corrected chi connectivity index (χ0v) is 8.18. The van der Waals surface area contributed by atoms with Crippen molar-refractivity contribution in [3.8, 4) is 0 Å². The molecule has 78 valence electrons. The highest BCUT2D eigenvalue weighted by Crippen LogP contribution is 2.20. The molecule has 0 bridgehead atoms. The Balaban J connectivity index is 2.39. The van der Waals surface area contributed by atoms with E-state index in [4.69, 9.17) is 10.9 Å². The fourth-order valence-electron chi connectivity index (χ4n) is 1.72. The highest BCUT2D eigenvalue weighted by atomic mass is 16.4. The fraction of sp³-hybridized carbons (Fsp3) is 0.182. The van der Waals surface area contributed by atoms with Crippen LogP contribution in [0, 0.1) is 0 Å². The van der Waals surface area contributed by atoms with E-state index in [0.717, 1.165) is 16.5 Å². The Morgan fingerprint density at radius 3 is 2.87 bits per heavy atom. The van der Waals surface area contributed by atoms with E-state index >= 15 is 0 Å². The molecule has 0 atom stereocenters. The molecule has 1 aromatic heterocycles. The SMILES string of the molecule is Nn1cc(CCC(=O)O)c2ccccc21. The van der Waals surface area contributed by atoms with Gasteiger partial charge in [0.2, 0.25) is 0 Å². The molecule has 2 aromatic rings. The Kier molecular flexibility index (Phi) is 2.33. The number of rotatable bonds is 3. The van der Waals surface area contributed by atoms with Crippen molar-refractivity contribution in [2.45, 2.75) is 12.8 Å². The Bertz CT molecular complexity index is 502. The Labute approximate surface area is 86.9 Å². The number of hydrogen-bond acceptors (Lipinski definition) is 2. The molecule has 0 aliphatic carbocycles. The molecular weight excluding hydrogens is 192 g/mol. The number of aryl methyl sites for hydroxylation is 1. The van der Waals surface area contributed by atoms with Gasteiger partial charge in [0.05, 0.1) is 5.52 Å². The number of nitrogens with zero attached hydrogens (tertiary/aromatic N) is 1. The molecule has 0 radical (unpaired) electrons. The maximum atomic E-state index is 10.5. The third kappa shape index (κ3) is 1.79. The third-order valence-electron chi connectivity index (χ3n) is 2.43. The van der Waals surface area contributed by atoms with Crippen molar-refractivity contribution in [1.29, 1.82) is 0 Å². The summed E-state index contributed by atoms with van der Waals surface area (Å²) >= 11 is 0. The first-order chi connectivity index (χ1) is 7.18. The van der Waals surface area contributed by atoms with Gasteiger partial charge in [0.1, 0.15) is 0 Å². The largest absolute Gasteiger partial charge is 0.481 e. The van der Waals surface area contributed by atoms with Gasteiger partial charge in [-0.15, -0.1) is 0 Å². The van der Waals surface area contributed by atoms with Gasteiger partial charge in [-0.2, -0.15) is 0 Å². The number of hydrogen-bond donors (Lipinski definition) is 2. The number of nitrogen functional groups attached to an aromatic ring is 1. The molecule has 2 rings (SSSR count). The van der Waals surface area contributed by atoms with Crippen LogP contribution < -0.4 is 5.84 Å². The van der Waals surface area contributed by atoms with Gasteiger partial charge in [-0.1, -0.05) is 18.2 Å². The lowest BCUT2D eigenvalue weighted by atomic mass is 10.1. The van der Waals surface area contributed by atoms with Crippen LogP contribution in [0.1, 0.15) is 12.0 Å². The number of carboxylic acids is 1. The van der Waals surface area contributed by atoms with E-state index < -0.39 is 5.97 Å². The lowest BCUT2D eigenvalue weighted by Crippen LogP contribution is -2.05. The molecule has 15 heavy (non-hydrogen) atoms. The van der Waals surface area contributed by atoms with Crippen LogP contribution in [0.25, 0.3) is 10.9 Å². The molecule has 0 amide bonds. The van der Waals surface area contributed by atoms with Crippen molar-refractivity contribution in [3.05, 3.63) is 36.0 Å². The van der Waals surface area contributed by atoms with Crippen molar-refractivity contribution in [2.24, 2.45) is 0 Å². The molecule has 0 fully saturated rings. The van der Waals surface area contributed by atoms with Crippen LogP contribution in [0.3, 0.4) is 0 Å². The standard InChI is InChI=1S/C11H12N2O2/c12-13-7-8(5-6-11(14)15)9-3-1-2-4-10(9)13/h1-4,7H,5-6,12H2,(H,14,15). The van der Waals surface area contributed by atoms with Crippen molar-refractivity contribution < 1.29 is 9.90 Å². The van der Waals surface area contributed by atoms with Crippen LogP contribution in [0.15, 0.2) is 30.5 Å². The second-order valence-corrected chi connectivity index (χ2v) is 3.47. The lowest BCUT2D eigenvalue weighted by Gasteiger charge is -1.95. The third-order valence-corrected chi connectivity index (χ3v) is 2.43. The van der Waals surface area contributed by atoms with Gasteiger partial charge < -0.3 is 10.9 Å². The summed E-state index contributed by atoms with van der Waals surface area (Å²) in [5.41, 5.74) is 1.91. The summed E-state index contributed by atoms with van der Waals surface area (Å²) in [7, 11) is 0. The van der Waals surface area contributed by atoms with Crippen molar-refractivity contribution >= 4 is 16.9 Å². The highest BCUT2D eigenvalue weighted by Gasteiger charge is 2.07. The second-order valence-electron chi connectivity index (χ2n) is 3.47. The van der Waals surface area contributed by atoms with Gasteiger partial charge in [-0.3, -0.25) is 9.47 Å². The van der Waals surface area contributed by atoms with Crippen LogP contribution >= 0.6 is 0 Å². The zero-order chi connectivity index (χ0) is 10.8. The van der Waals surface area contributed by atoms with Gasteiger partial charge >= 0.3 is 5.97 Å². The zero-order valence-electron chi connectivity index (χ0n) is 8.18. The molecule has 0 aliphatic rings. The fourth-order valence-corrected chi connectivity index (χ4v) is 1.72. The quantitative estimate of drug-likeness (QED) is 0.742. The van der Waals surface area contributed by atoms with E-state index in [9.17, 15) is 4.79 Å². The van der Waals surface area contributed by atoms with Gasteiger partial charge in [0, 0.05) is 18.0 Å².